The Morgan fingerprint density at radius 3 is 2.35 bits per heavy atom. The Balaban J connectivity index is 2.32. The first-order valence-electron chi connectivity index (χ1n) is 10.8. The Kier molecular flexibility index (Phi) is 9.22. The van der Waals surface area contributed by atoms with Crippen LogP contribution in [0.5, 0.6) is 0 Å². The normalized spacial score (nSPS) is 12.6. The maximum atomic E-state index is 13.3. The molecule has 0 fully saturated rings. The molecule has 0 aliphatic carbocycles. The summed E-state index contributed by atoms with van der Waals surface area (Å²) in [6.07, 6.45) is 4.78. The number of amides is 3. The average molecular weight is 466 g/mol. The molecule has 0 saturated heterocycles. The van der Waals surface area contributed by atoms with Crippen LogP contribution in [0.3, 0.4) is 0 Å². The van der Waals surface area contributed by atoms with E-state index >= 15 is 0 Å². The summed E-state index contributed by atoms with van der Waals surface area (Å²) in [5.41, 5.74) is 1.43. The molecule has 0 bridgehead atoms. The number of rotatable bonds is 8. The van der Waals surface area contributed by atoms with Crippen molar-refractivity contribution in [2.75, 3.05) is 6.61 Å². The van der Waals surface area contributed by atoms with Gasteiger partial charge in [0.2, 0.25) is 5.91 Å². The molecule has 3 amide bonds. The lowest BCUT2D eigenvalue weighted by Crippen LogP contribution is -2.53. The van der Waals surface area contributed by atoms with Crippen molar-refractivity contribution in [1.29, 1.82) is 0 Å². The topological polar surface area (TPSA) is 108 Å². The van der Waals surface area contributed by atoms with Crippen LogP contribution in [0.25, 0.3) is 0 Å². The molecule has 0 spiro atoms. The maximum absolute atomic E-state index is 13.3. The van der Waals surface area contributed by atoms with Gasteiger partial charge in [0.15, 0.2) is 0 Å². The number of aliphatic hydroxyl groups is 1. The number of benzene rings is 2. The Labute approximate surface area is 200 Å². The number of nitrogens with one attached hydrogen (secondary N) is 2. The van der Waals surface area contributed by atoms with Crippen molar-refractivity contribution in [3.8, 4) is 12.5 Å². The second-order valence-corrected chi connectivity index (χ2v) is 8.74. The summed E-state index contributed by atoms with van der Waals surface area (Å²) in [6, 6.07) is 16.0. The number of nitrogens with zero attached hydrogens (tertiary/aromatic N) is 1. The lowest BCUT2D eigenvalue weighted by molar-refractivity contribution is -0.139. The fourth-order valence-electron chi connectivity index (χ4n) is 3.21. The standard InChI is InChI=1S/C26H31N3O5/c1-6-29(24(32)21(17-30)28-25(33)34-26(3,4)5)22(20-14-10-11-18(2)15-20)23(31)27-16-19-12-8-7-9-13-19/h1,7-15,21-22,30H,16-17H2,2-5H3,(H,27,31)(H,28,33). The monoisotopic (exact) mass is 465 g/mol. The fraction of sp³-hybridized carbons (Fsp3) is 0.346. The third-order valence-electron chi connectivity index (χ3n) is 4.72. The van der Waals surface area contributed by atoms with E-state index in [4.69, 9.17) is 11.2 Å². The van der Waals surface area contributed by atoms with Crippen molar-refractivity contribution in [1.82, 2.24) is 15.5 Å². The van der Waals surface area contributed by atoms with Crippen LogP contribution in [0, 0.1) is 19.4 Å². The van der Waals surface area contributed by atoms with Gasteiger partial charge in [-0.3, -0.25) is 14.5 Å². The Hall–Kier alpha value is -3.83. The van der Waals surface area contributed by atoms with Crippen molar-refractivity contribution in [2.45, 2.75) is 51.9 Å². The minimum Gasteiger partial charge on any atom is -0.444 e. The van der Waals surface area contributed by atoms with Crippen LogP contribution >= 0.6 is 0 Å². The molecule has 0 aliphatic heterocycles. The first kappa shape index (κ1) is 26.4. The molecule has 2 aromatic carbocycles. The number of carbonyl (C=O) groups excluding carboxylic acids is 3. The van der Waals surface area contributed by atoms with E-state index in [-0.39, 0.29) is 6.54 Å². The highest BCUT2D eigenvalue weighted by molar-refractivity contribution is 5.93. The summed E-state index contributed by atoms with van der Waals surface area (Å²) in [4.78, 5) is 39.6. The SMILES string of the molecule is C#CN(C(=O)C(CO)NC(=O)OC(C)(C)C)C(C(=O)NCc1ccccc1)c1cccc(C)c1. The number of hydrogen-bond acceptors (Lipinski definition) is 5. The molecule has 0 saturated carbocycles. The van der Waals surface area contributed by atoms with Gasteiger partial charge in [-0.1, -0.05) is 66.6 Å². The summed E-state index contributed by atoms with van der Waals surface area (Å²) in [7, 11) is 0. The number of hydrogen-bond donors (Lipinski definition) is 3. The highest BCUT2D eigenvalue weighted by Gasteiger charge is 2.35. The van der Waals surface area contributed by atoms with Gasteiger partial charge in [-0.15, -0.1) is 0 Å². The molecule has 3 N–H and O–H groups in total. The van der Waals surface area contributed by atoms with Gasteiger partial charge < -0.3 is 20.5 Å². The Morgan fingerprint density at radius 2 is 1.79 bits per heavy atom. The van der Waals surface area contributed by atoms with Gasteiger partial charge in [0.25, 0.3) is 5.91 Å². The van der Waals surface area contributed by atoms with Crippen LogP contribution in [-0.2, 0) is 20.9 Å². The van der Waals surface area contributed by atoms with Gasteiger partial charge in [0.05, 0.1) is 6.61 Å². The van der Waals surface area contributed by atoms with Gasteiger partial charge in [0, 0.05) is 12.6 Å². The van der Waals surface area contributed by atoms with E-state index < -0.39 is 42.2 Å². The van der Waals surface area contributed by atoms with Crippen LogP contribution in [0.2, 0.25) is 0 Å². The van der Waals surface area contributed by atoms with E-state index in [0.29, 0.717) is 5.56 Å². The van der Waals surface area contributed by atoms with Crippen molar-refractivity contribution < 1.29 is 24.2 Å². The maximum Gasteiger partial charge on any atom is 0.408 e. The van der Waals surface area contributed by atoms with Crippen molar-refractivity contribution >= 4 is 17.9 Å². The van der Waals surface area contributed by atoms with Gasteiger partial charge in [-0.05, 0) is 38.8 Å². The van der Waals surface area contributed by atoms with E-state index in [1.54, 1.807) is 39.0 Å². The number of carbonyl (C=O) groups is 3. The fourth-order valence-corrected chi connectivity index (χ4v) is 3.21. The Bertz CT molecular complexity index is 1040. The zero-order valence-corrected chi connectivity index (χ0v) is 19.9. The number of alkyl carbamates (subject to hydrolysis) is 1. The van der Waals surface area contributed by atoms with E-state index in [1.165, 1.54) is 0 Å². The third kappa shape index (κ3) is 7.64. The van der Waals surface area contributed by atoms with Gasteiger partial charge in [-0.25, -0.2) is 4.79 Å². The summed E-state index contributed by atoms with van der Waals surface area (Å²) in [5, 5.41) is 14.9. The molecule has 0 aromatic heterocycles. The minimum atomic E-state index is -1.40. The second kappa shape index (κ2) is 11.9. The van der Waals surface area contributed by atoms with Crippen LogP contribution < -0.4 is 10.6 Å². The summed E-state index contributed by atoms with van der Waals surface area (Å²) < 4.78 is 5.17. The van der Waals surface area contributed by atoms with E-state index in [0.717, 1.165) is 16.0 Å². The molecular weight excluding hydrogens is 434 g/mol. The lowest BCUT2D eigenvalue weighted by Gasteiger charge is -2.30. The summed E-state index contributed by atoms with van der Waals surface area (Å²) in [5.74, 6) is -1.33. The quantitative estimate of drug-likeness (QED) is 0.410. The lowest BCUT2D eigenvalue weighted by atomic mass is 10.0. The molecule has 0 radical (unpaired) electrons. The molecule has 2 aromatic rings. The molecule has 34 heavy (non-hydrogen) atoms. The number of terminal acetylenes is 1. The van der Waals surface area contributed by atoms with Crippen LogP contribution in [-0.4, -0.2) is 46.2 Å². The third-order valence-corrected chi connectivity index (χ3v) is 4.72. The van der Waals surface area contributed by atoms with Crippen molar-refractivity contribution in [3.63, 3.8) is 0 Å². The largest absolute Gasteiger partial charge is 0.444 e. The van der Waals surface area contributed by atoms with E-state index in [1.807, 2.05) is 43.3 Å². The molecular formula is C26H31N3O5. The van der Waals surface area contributed by atoms with Gasteiger partial charge >= 0.3 is 6.09 Å². The zero-order chi connectivity index (χ0) is 25.3. The number of aryl methyl sites for hydroxylation is 1. The highest BCUT2D eigenvalue weighted by atomic mass is 16.6. The van der Waals surface area contributed by atoms with Crippen LogP contribution in [0.4, 0.5) is 4.79 Å². The molecule has 2 rings (SSSR count). The minimum absolute atomic E-state index is 0.230. The molecule has 8 nitrogen and oxygen atoms in total. The smallest absolute Gasteiger partial charge is 0.408 e. The van der Waals surface area contributed by atoms with Gasteiger partial charge in [0.1, 0.15) is 17.7 Å². The second-order valence-electron chi connectivity index (χ2n) is 8.74. The first-order chi connectivity index (χ1) is 16.1. The van der Waals surface area contributed by atoms with Crippen molar-refractivity contribution in [2.24, 2.45) is 0 Å². The number of aliphatic hydroxyl groups excluding tert-OH is 1. The van der Waals surface area contributed by atoms with Gasteiger partial charge in [-0.2, -0.15) is 0 Å². The molecule has 2 atom stereocenters. The van der Waals surface area contributed by atoms with Crippen molar-refractivity contribution in [3.05, 3.63) is 71.3 Å². The molecule has 180 valence electrons. The molecule has 8 heteroatoms. The first-order valence-corrected chi connectivity index (χ1v) is 10.8. The number of ether oxygens (including phenoxy) is 1. The predicted molar refractivity (Wildman–Crippen MR) is 128 cm³/mol. The zero-order valence-electron chi connectivity index (χ0n) is 19.9. The predicted octanol–water partition coefficient (Wildman–Crippen LogP) is 2.66. The molecule has 0 aliphatic rings. The van der Waals surface area contributed by atoms with Crippen LogP contribution in [0.1, 0.15) is 43.5 Å². The van der Waals surface area contributed by atoms with E-state index in [2.05, 4.69) is 16.7 Å². The molecule has 2 unspecified atom stereocenters. The average Bonchev–Trinajstić information content (AvgIpc) is 2.78. The van der Waals surface area contributed by atoms with Crippen LogP contribution in [0.15, 0.2) is 54.6 Å². The summed E-state index contributed by atoms with van der Waals surface area (Å²) >= 11 is 0. The molecule has 0 heterocycles. The highest BCUT2D eigenvalue weighted by Crippen LogP contribution is 2.23. The van der Waals surface area contributed by atoms with E-state index in [9.17, 15) is 19.5 Å². The Morgan fingerprint density at radius 1 is 1.12 bits per heavy atom. The summed E-state index contributed by atoms with van der Waals surface area (Å²) in [6.45, 7) is 6.35.